The van der Waals surface area contributed by atoms with E-state index in [2.05, 4.69) is 5.32 Å². The van der Waals surface area contributed by atoms with Crippen molar-refractivity contribution in [1.29, 1.82) is 0 Å². The zero-order chi connectivity index (χ0) is 13.3. The molecular weight excluding hydrogens is 261 g/mol. The summed E-state index contributed by atoms with van der Waals surface area (Å²) in [5.74, 6) is -2.50. The molecule has 2 rings (SSSR count). The first-order valence-corrected chi connectivity index (χ1v) is 5.84. The van der Waals surface area contributed by atoms with Crippen molar-refractivity contribution in [2.75, 3.05) is 0 Å². The third-order valence-electron chi connectivity index (χ3n) is 3.00. The van der Waals surface area contributed by atoms with Gasteiger partial charge in [0.1, 0.15) is 5.82 Å². The molecule has 2 N–H and O–H groups in total. The van der Waals surface area contributed by atoms with E-state index in [0.717, 1.165) is 6.07 Å². The second-order valence-corrected chi connectivity index (χ2v) is 4.74. The number of benzene rings is 1. The number of carbonyl (C=O) groups is 2. The highest BCUT2D eigenvalue weighted by Crippen LogP contribution is 2.27. The molecule has 18 heavy (non-hydrogen) atoms. The second kappa shape index (κ2) is 4.94. The number of hydrogen-bond donors (Lipinski definition) is 2. The molecule has 0 aliphatic heterocycles. The van der Waals surface area contributed by atoms with Gasteiger partial charge in [-0.15, -0.1) is 0 Å². The third-order valence-corrected chi connectivity index (χ3v) is 3.23. The Kier molecular flexibility index (Phi) is 3.52. The average molecular weight is 272 g/mol. The van der Waals surface area contributed by atoms with Crippen molar-refractivity contribution in [3.05, 3.63) is 34.6 Å². The summed E-state index contributed by atoms with van der Waals surface area (Å²) in [5.41, 5.74) is -0.0850. The number of aliphatic carboxylic acids is 1. The zero-order valence-electron chi connectivity index (χ0n) is 9.32. The molecule has 0 bridgehead atoms. The summed E-state index contributed by atoms with van der Waals surface area (Å²) in [6.07, 6.45) is 0.770. The Balaban J connectivity index is 1.95. The van der Waals surface area contributed by atoms with Gasteiger partial charge in [-0.1, -0.05) is 11.6 Å². The van der Waals surface area contributed by atoms with Gasteiger partial charge in [0.15, 0.2) is 0 Å². The molecular formula is C12H11ClFNO3. The van der Waals surface area contributed by atoms with Crippen LogP contribution in [0.2, 0.25) is 5.02 Å². The molecule has 6 heteroatoms. The number of carbonyl (C=O) groups excluding carboxylic acids is 1. The van der Waals surface area contributed by atoms with E-state index in [1.165, 1.54) is 12.1 Å². The van der Waals surface area contributed by atoms with Crippen LogP contribution in [0.1, 0.15) is 23.2 Å². The average Bonchev–Trinajstić information content (AvgIpc) is 2.21. The molecule has 0 unspecified atom stereocenters. The van der Waals surface area contributed by atoms with Gasteiger partial charge in [-0.25, -0.2) is 4.39 Å². The van der Waals surface area contributed by atoms with Crippen LogP contribution in [0.3, 0.4) is 0 Å². The van der Waals surface area contributed by atoms with Crippen LogP contribution in [0.4, 0.5) is 4.39 Å². The summed E-state index contributed by atoms with van der Waals surface area (Å²) in [6.45, 7) is 0. The van der Waals surface area contributed by atoms with Crippen molar-refractivity contribution in [3.8, 4) is 0 Å². The molecule has 1 amide bonds. The molecule has 1 aromatic rings. The van der Waals surface area contributed by atoms with Gasteiger partial charge in [0, 0.05) is 11.1 Å². The van der Waals surface area contributed by atoms with Crippen LogP contribution in [0, 0.1) is 11.7 Å². The Morgan fingerprint density at radius 1 is 1.39 bits per heavy atom. The molecule has 1 aromatic carbocycles. The lowest BCUT2D eigenvalue weighted by molar-refractivity contribution is -0.145. The Labute approximate surface area is 108 Å². The van der Waals surface area contributed by atoms with Crippen LogP contribution in [0.5, 0.6) is 0 Å². The Hall–Kier alpha value is -1.62. The predicted octanol–water partition coefficient (Wildman–Crippen LogP) is 2.07. The van der Waals surface area contributed by atoms with Crippen molar-refractivity contribution >= 4 is 23.5 Å². The molecule has 0 radical (unpaired) electrons. The molecule has 0 spiro atoms. The minimum absolute atomic E-state index is 0.0850. The Bertz CT molecular complexity index is 500. The molecule has 96 valence electrons. The maximum atomic E-state index is 13.4. The second-order valence-electron chi connectivity index (χ2n) is 4.30. The lowest BCUT2D eigenvalue weighted by Gasteiger charge is -2.32. The third kappa shape index (κ3) is 2.61. The predicted molar refractivity (Wildman–Crippen MR) is 63.0 cm³/mol. The fourth-order valence-electron chi connectivity index (χ4n) is 1.87. The van der Waals surface area contributed by atoms with Crippen LogP contribution < -0.4 is 5.32 Å². The van der Waals surface area contributed by atoms with Crippen molar-refractivity contribution in [2.45, 2.75) is 18.9 Å². The number of carboxylic acid groups (broad SMARTS) is 1. The van der Waals surface area contributed by atoms with Gasteiger partial charge in [-0.05, 0) is 31.0 Å². The van der Waals surface area contributed by atoms with E-state index in [4.69, 9.17) is 16.7 Å². The highest BCUT2D eigenvalue weighted by Gasteiger charge is 2.35. The summed E-state index contributed by atoms with van der Waals surface area (Å²) < 4.78 is 13.4. The minimum atomic E-state index is -0.863. The molecule has 0 heterocycles. The first kappa shape index (κ1) is 12.8. The van der Waals surface area contributed by atoms with Crippen LogP contribution in [0.15, 0.2) is 18.2 Å². The molecule has 0 atom stereocenters. The Morgan fingerprint density at radius 3 is 2.61 bits per heavy atom. The van der Waals surface area contributed by atoms with Gasteiger partial charge in [-0.3, -0.25) is 9.59 Å². The van der Waals surface area contributed by atoms with Crippen molar-refractivity contribution in [3.63, 3.8) is 0 Å². The summed E-state index contributed by atoms with van der Waals surface area (Å²) in [6, 6.07) is 3.60. The zero-order valence-corrected chi connectivity index (χ0v) is 10.1. The normalized spacial score (nSPS) is 22.1. The smallest absolute Gasteiger partial charge is 0.306 e. The van der Waals surface area contributed by atoms with Gasteiger partial charge in [0.2, 0.25) is 0 Å². The monoisotopic (exact) mass is 271 g/mol. The molecule has 0 saturated heterocycles. The summed E-state index contributed by atoms with van der Waals surface area (Å²) >= 11 is 5.58. The van der Waals surface area contributed by atoms with Gasteiger partial charge in [-0.2, -0.15) is 0 Å². The van der Waals surface area contributed by atoms with E-state index in [9.17, 15) is 14.0 Å². The summed E-state index contributed by atoms with van der Waals surface area (Å²) in [4.78, 5) is 22.3. The van der Waals surface area contributed by atoms with Gasteiger partial charge in [0.05, 0.1) is 11.5 Å². The highest BCUT2D eigenvalue weighted by atomic mass is 35.5. The van der Waals surface area contributed by atoms with Crippen LogP contribution in [-0.4, -0.2) is 23.0 Å². The molecule has 0 aromatic heterocycles. The fourth-order valence-corrected chi connectivity index (χ4v) is 2.03. The molecule has 4 nitrogen and oxygen atoms in total. The number of halogens is 2. The summed E-state index contributed by atoms with van der Waals surface area (Å²) in [5, 5.41) is 11.5. The lowest BCUT2D eigenvalue weighted by Crippen LogP contribution is -2.46. The molecule has 1 aliphatic rings. The maximum Gasteiger partial charge on any atom is 0.306 e. The maximum absolute atomic E-state index is 13.4. The standard InChI is InChI=1S/C12H11ClFNO3/c13-7-1-2-9(10(14)5-7)11(16)15-8-3-6(4-8)12(17)18/h1-2,5-6,8H,3-4H2,(H,15,16)(H,17,18). The molecule has 1 aliphatic carbocycles. The van der Waals surface area contributed by atoms with Gasteiger partial charge < -0.3 is 10.4 Å². The van der Waals surface area contributed by atoms with E-state index in [1.54, 1.807) is 0 Å². The number of nitrogens with one attached hydrogen (secondary N) is 1. The first-order chi connectivity index (χ1) is 8.47. The fraction of sp³-hybridized carbons (Fsp3) is 0.333. The van der Waals surface area contributed by atoms with E-state index < -0.39 is 23.6 Å². The lowest BCUT2D eigenvalue weighted by atomic mass is 9.80. The van der Waals surface area contributed by atoms with Crippen LogP contribution >= 0.6 is 11.6 Å². The topological polar surface area (TPSA) is 66.4 Å². The van der Waals surface area contributed by atoms with Gasteiger partial charge in [0.25, 0.3) is 5.91 Å². The number of hydrogen-bond acceptors (Lipinski definition) is 2. The number of amides is 1. The van der Waals surface area contributed by atoms with Crippen molar-refractivity contribution in [2.24, 2.45) is 5.92 Å². The SMILES string of the molecule is O=C(NC1CC(C(=O)O)C1)c1ccc(Cl)cc1F. The van der Waals surface area contributed by atoms with E-state index in [0.29, 0.717) is 12.8 Å². The van der Waals surface area contributed by atoms with Crippen LogP contribution in [0.25, 0.3) is 0 Å². The number of carboxylic acids is 1. The van der Waals surface area contributed by atoms with E-state index >= 15 is 0 Å². The number of rotatable bonds is 3. The molecule has 1 saturated carbocycles. The summed E-state index contributed by atoms with van der Waals surface area (Å²) in [7, 11) is 0. The highest BCUT2D eigenvalue weighted by molar-refractivity contribution is 6.30. The van der Waals surface area contributed by atoms with Crippen molar-refractivity contribution in [1.82, 2.24) is 5.32 Å². The largest absolute Gasteiger partial charge is 0.481 e. The van der Waals surface area contributed by atoms with E-state index in [-0.39, 0.29) is 16.6 Å². The van der Waals surface area contributed by atoms with Gasteiger partial charge >= 0.3 is 5.97 Å². The quantitative estimate of drug-likeness (QED) is 0.884. The van der Waals surface area contributed by atoms with E-state index in [1.807, 2.05) is 0 Å². The van der Waals surface area contributed by atoms with Crippen molar-refractivity contribution < 1.29 is 19.1 Å². The first-order valence-electron chi connectivity index (χ1n) is 5.46. The van der Waals surface area contributed by atoms with Crippen LogP contribution in [-0.2, 0) is 4.79 Å². The minimum Gasteiger partial charge on any atom is -0.481 e. The molecule has 1 fully saturated rings. The Morgan fingerprint density at radius 2 is 2.06 bits per heavy atom.